The van der Waals surface area contributed by atoms with Crippen molar-refractivity contribution in [1.29, 1.82) is 0 Å². The van der Waals surface area contributed by atoms with E-state index in [1.807, 2.05) is 11.3 Å². The Morgan fingerprint density at radius 3 is 2.11 bits per heavy atom. The van der Waals surface area contributed by atoms with E-state index in [1.165, 1.54) is 68.2 Å². The van der Waals surface area contributed by atoms with Crippen LogP contribution in [-0.2, 0) is 0 Å². The summed E-state index contributed by atoms with van der Waals surface area (Å²) in [4.78, 5) is 1.37. The van der Waals surface area contributed by atoms with Crippen molar-refractivity contribution in [1.82, 2.24) is 0 Å². The summed E-state index contributed by atoms with van der Waals surface area (Å²) in [5.41, 5.74) is 7.55. The average molecular weight is 282 g/mol. The van der Waals surface area contributed by atoms with Crippen LogP contribution in [0.2, 0.25) is 0 Å². The predicted octanol–water partition coefficient (Wildman–Crippen LogP) is 5.98. The minimum absolute atomic E-state index is 0.259. The van der Waals surface area contributed by atoms with Gasteiger partial charge in [-0.05, 0) is 30.4 Å². The quantitative estimate of drug-likeness (QED) is 0.496. The molecule has 1 atom stereocenters. The molecule has 1 rings (SSSR count). The zero-order valence-corrected chi connectivity index (χ0v) is 13.6. The summed E-state index contributed by atoms with van der Waals surface area (Å²) in [5, 5.41) is 2.22. The van der Waals surface area contributed by atoms with Crippen LogP contribution in [0.25, 0.3) is 0 Å². The van der Waals surface area contributed by atoms with Crippen LogP contribution in [0.3, 0.4) is 0 Å². The highest BCUT2D eigenvalue weighted by molar-refractivity contribution is 7.10. The Bertz CT molecular complexity index is 319. The molecule has 0 bridgehead atoms. The Morgan fingerprint density at radius 1 is 1.00 bits per heavy atom. The van der Waals surface area contributed by atoms with Crippen LogP contribution in [0.15, 0.2) is 11.4 Å². The minimum Gasteiger partial charge on any atom is -0.324 e. The molecule has 0 fully saturated rings. The molecule has 19 heavy (non-hydrogen) atoms. The third-order valence-electron chi connectivity index (χ3n) is 3.80. The van der Waals surface area contributed by atoms with E-state index in [4.69, 9.17) is 5.73 Å². The van der Waals surface area contributed by atoms with E-state index in [1.54, 1.807) is 0 Å². The van der Waals surface area contributed by atoms with Gasteiger partial charge in [0.2, 0.25) is 0 Å². The molecule has 2 heteroatoms. The van der Waals surface area contributed by atoms with Crippen molar-refractivity contribution in [3.63, 3.8) is 0 Å². The van der Waals surface area contributed by atoms with Gasteiger partial charge in [0, 0.05) is 10.9 Å². The maximum absolute atomic E-state index is 6.21. The fourth-order valence-corrected chi connectivity index (χ4v) is 3.27. The molecular formula is C17H31NS. The monoisotopic (exact) mass is 281 g/mol. The molecule has 0 saturated carbocycles. The van der Waals surface area contributed by atoms with E-state index in [9.17, 15) is 0 Å². The lowest BCUT2D eigenvalue weighted by atomic mass is 10.0. The molecule has 0 aliphatic heterocycles. The number of hydrogen-bond donors (Lipinski definition) is 1. The van der Waals surface area contributed by atoms with Crippen LogP contribution in [0.5, 0.6) is 0 Å². The first-order chi connectivity index (χ1) is 9.24. The first-order valence-corrected chi connectivity index (χ1v) is 8.92. The molecule has 0 spiro atoms. The van der Waals surface area contributed by atoms with Crippen molar-refractivity contribution in [2.45, 2.75) is 84.1 Å². The van der Waals surface area contributed by atoms with Gasteiger partial charge in [-0.1, -0.05) is 64.7 Å². The summed E-state index contributed by atoms with van der Waals surface area (Å²) in [5.74, 6) is 0. The zero-order chi connectivity index (χ0) is 13.9. The van der Waals surface area contributed by atoms with Crippen molar-refractivity contribution in [2.24, 2.45) is 5.73 Å². The molecule has 0 aliphatic rings. The Hall–Kier alpha value is -0.340. The summed E-state index contributed by atoms with van der Waals surface area (Å²) in [6.45, 7) is 4.43. The number of unbranched alkanes of at least 4 members (excludes halogenated alkanes) is 8. The van der Waals surface area contributed by atoms with Crippen molar-refractivity contribution >= 4 is 11.3 Å². The van der Waals surface area contributed by atoms with Crippen LogP contribution >= 0.6 is 11.3 Å². The fraction of sp³-hybridized carbons (Fsp3) is 0.765. The number of hydrogen-bond acceptors (Lipinski definition) is 2. The van der Waals surface area contributed by atoms with Crippen LogP contribution in [0, 0.1) is 6.92 Å². The normalized spacial score (nSPS) is 12.8. The Balaban J connectivity index is 1.93. The Labute approximate surface area is 123 Å². The van der Waals surface area contributed by atoms with Gasteiger partial charge in [0.05, 0.1) is 0 Å². The molecule has 0 radical (unpaired) electrons. The highest BCUT2D eigenvalue weighted by Crippen LogP contribution is 2.23. The SMILES string of the molecule is CCCCCCCCCCCC(N)c1csc(C)c1. The largest absolute Gasteiger partial charge is 0.324 e. The van der Waals surface area contributed by atoms with Crippen LogP contribution in [0.1, 0.15) is 87.6 Å². The average Bonchev–Trinajstić information content (AvgIpc) is 2.83. The lowest BCUT2D eigenvalue weighted by Crippen LogP contribution is -2.08. The summed E-state index contributed by atoms with van der Waals surface area (Å²) < 4.78 is 0. The summed E-state index contributed by atoms with van der Waals surface area (Å²) >= 11 is 1.81. The van der Waals surface area contributed by atoms with E-state index in [2.05, 4.69) is 25.3 Å². The highest BCUT2D eigenvalue weighted by atomic mass is 32.1. The van der Waals surface area contributed by atoms with E-state index in [0.29, 0.717) is 0 Å². The van der Waals surface area contributed by atoms with Gasteiger partial charge in [-0.3, -0.25) is 0 Å². The molecule has 2 N–H and O–H groups in total. The zero-order valence-electron chi connectivity index (χ0n) is 12.8. The lowest BCUT2D eigenvalue weighted by molar-refractivity contribution is 0.533. The van der Waals surface area contributed by atoms with Gasteiger partial charge in [0.15, 0.2) is 0 Å². The van der Waals surface area contributed by atoms with Crippen molar-refractivity contribution < 1.29 is 0 Å². The number of thiophene rings is 1. The maximum Gasteiger partial charge on any atom is 0.0303 e. The lowest BCUT2D eigenvalue weighted by Gasteiger charge is -2.09. The van der Waals surface area contributed by atoms with Gasteiger partial charge in [-0.2, -0.15) is 0 Å². The van der Waals surface area contributed by atoms with Crippen LogP contribution in [0.4, 0.5) is 0 Å². The van der Waals surface area contributed by atoms with E-state index in [-0.39, 0.29) is 6.04 Å². The molecule has 0 aromatic carbocycles. The van der Waals surface area contributed by atoms with Gasteiger partial charge in [-0.25, -0.2) is 0 Å². The van der Waals surface area contributed by atoms with Gasteiger partial charge < -0.3 is 5.73 Å². The molecule has 1 aromatic rings. The van der Waals surface area contributed by atoms with Gasteiger partial charge in [0.1, 0.15) is 0 Å². The third kappa shape index (κ3) is 7.74. The molecule has 110 valence electrons. The first-order valence-electron chi connectivity index (χ1n) is 8.04. The summed E-state index contributed by atoms with van der Waals surface area (Å²) in [6.07, 6.45) is 13.6. The van der Waals surface area contributed by atoms with E-state index < -0.39 is 0 Å². The first kappa shape index (κ1) is 16.7. The Morgan fingerprint density at radius 2 is 1.58 bits per heavy atom. The number of nitrogens with two attached hydrogens (primary N) is 1. The van der Waals surface area contributed by atoms with Crippen LogP contribution in [-0.4, -0.2) is 0 Å². The summed E-state index contributed by atoms with van der Waals surface area (Å²) in [6, 6.07) is 2.50. The van der Waals surface area contributed by atoms with Crippen LogP contribution < -0.4 is 5.73 Å². The van der Waals surface area contributed by atoms with Gasteiger partial charge in [-0.15, -0.1) is 11.3 Å². The van der Waals surface area contributed by atoms with Gasteiger partial charge in [0.25, 0.3) is 0 Å². The molecule has 0 saturated heterocycles. The highest BCUT2D eigenvalue weighted by Gasteiger charge is 2.06. The smallest absolute Gasteiger partial charge is 0.0303 e. The Kier molecular flexibility index (Phi) is 9.19. The van der Waals surface area contributed by atoms with Crippen molar-refractivity contribution in [3.8, 4) is 0 Å². The topological polar surface area (TPSA) is 26.0 Å². The number of rotatable bonds is 11. The predicted molar refractivity (Wildman–Crippen MR) is 87.8 cm³/mol. The fourth-order valence-electron chi connectivity index (χ4n) is 2.50. The second-order valence-corrected chi connectivity index (χ2v) is 6.83. The molecular weight excluding hydrogens is 250 g/mol. The minimum atomic E-state index is 0.259. The molecule has 0 amide bonds. The number of aryl methyl sites for hydroxylation is 1. The third-order valence-corrected chi connectivity index (χ3v) is 4.68. The van der Waals surface area contributed by atoms with Crippen molar-refractivity contribution in [2.75, 3.05) is 0 Å². The van der Waals surface area contributed by atoms with E-state index in [0.717, 1.165) is 6.42 Å². The van der Waals surface area contributed by atoms with E-state index >= 15 is 0 Å². The second kappa shape index (κ2) is 10.4. The molecule has 0 aliphatic carbocycles. The van der Waals surface area contributed by atoms with Gasteiger partial charge >= 0.3 is 0 Å². The molecule has 1 unspecified atom stereocenters. The standard InChI is InChI=1S/C17H31NS/c1-3-4-5-6-7-8-9-10-11-12-17(18)16-13-15(2)19-14-16/h13-14,17H,3-12,18H2,1-2H3. The second-order valence-electron chi connectivity index (χ2n) is 5.71. The van der Waals surface area contributed by atoms with Crippen molar-refractivity contribution in [3.05, 3.63) is 21.9 Å². The summed E-state index contributed by atoms with van der Waals surface area (Å²) in [7, 11) is 0. The molecule has 1 aromatic heterocycles. The molecule has 1 nitrogen and oxygen atoms in total. The molecule has 1 heterocycles. The maximum atomic E-state index is 6.21.